The zero-order chi connectivity index (χ0) is 20.5. The van der Waals surface area contributed by atoms with E-state index in [2.05, 4.69) is 21.2 Å². The number of hydrogen-bond acceptors (Lipinski definition) is 4. The number of nitrogens with zero attached hydrogens (tertiary/aromatic N) is 4. The van der Waals surface area contributed by atoms with E-state index in [-0.39, 0.29) is 17.6 Å². The van der Waals surface area contributed by atoms with Crippen LogP contribution >= 0.6 is 0 Å². The Balaban J connectivity index is 1.22. The van der Waals surface area contributed by atoms with Gasteiger partial charge in [-0.05, 0) is 67.3 Å². The van der Waals surface area contributed by atoms with Gasteiger partial charge in [-0.2, -0.15) is 0 Å². The molecule has 1 amide bonds. The van der Waals surface area contributed by atoms with Crippen molar-refractivity contribution in [3.8, 4) is 11.3 Å². The number of amides is 1. The fourth-order valence-electron chi connectivity index (χ4n) is 4.41. The predicted octanol–water partition coefficient (Wildman–Crippen LogP) is 4.09. The number of hydrogen-bond donors (Lipinski definition) is 0. The summed E-state index contributed by atoms with van der Waals surface area (Å²) in [6.45, 7) is 2.36. The summed E-state index contributed by atoms with van der Waals surface area (Å²) in [6, 6.07) is 18.3. The predicted molar refractivity (Wildman–Crippen MR) is 115 cm³/mol. The highest BCUT2D eigenvalue weighted by atomic mass is 19.1. The quantitative estimate of drug-likeness (QED) is 0.662. The van der Waals surface area contributed by atoms with Crippen LogP contribution in [0.5, 0.6) is 0 Å². The Morgan fingerprint density at radius 3 is 2.40 bits per heavy atom. The van der Waals surface area contributed by atoms with Crippen LogP contribution in [-0.2, 0) is 11.2 Å². The molecular formula is C24H23FN4O. The van der Waals surface area contributed by atoms with Gasteiger partial charge in [0, 0.05) is 36.8 Å². The van der Waals surface area contributed by atoms with Gasteiger partial charge in [0.2, 0.25) is 5.91 Å². The molecule has 3 aromatic rings. The standard InChI is InChI=1S/C24H23FN4O/c25-20-7-5-17(6-8-20)21-9-10-23(27-26-21)28-14-11-19(12-15-28)24(30)29-16-13-18-3-1-2-4-22(18)29/h1-10,19H,11-16H2. The molecule has 0 atom stereocenters. The first-order valence-electron chi connectivity index (χ1n) is 10.4. The monoisotopic (exact) mass is 402 g/mol. The van der Waals surface area contributed by atoms with Crippen molar-refractivity contribution >= 4 is 17.4 Å². The lowest BCUT2D eigenvalue weighted by Gasteiger charge is -2.33. The summed E-state index contributed by atoms with van der Waals surface area (Å²) in [6.07, 6.45) is 2.58. The van der Waals surface area contributed by atoms with E-state index in [1.165, 1.54) is 17.7 Å². The Morgan fingerprint density at radius 1 is 0.900 bits per heavy atom. The van der Waals surface area contributed by atoms with Crippen LogP contribution in [0.4, 0.5) is 15.9 Å². The first kappa shape index (κ1) is 18.7. The van der Waals surface area contributed by atoms with Crippen molar-refractivity contribution in [3.63, 3.8) is 0 Å². The molecule has 5 rings (SSSR count). The third kappa shape index (κ3) is 3.54. The Bertz CT molecular complexity index is 1040. The molecule has 0 radical (unpaired) electrons. The number of halogens is 1. The van der Waals surface area contributed by atoms with Crippen molar-refractivity contribution in [1.82, 2.24) is 10.2 Å². The Hall–Kier alpha value is -3.28. The summed E-state index contributed by atoms with van der Waals surface area (Å²) in [4.78, 5) is 17.2. The normalized spacial score (nSPS) is 16.6. The molecule has 30 heavy (non-hydrogen) atoms. The Labute approximate surface area is 175 Å². The van der Waals surface area contributed by atoms with Crippen LogP contribution in [0.25, 0.3) is 11.3 Å². The topological polar surface area (TPSA) is 49.3 Å². The maximum absolute atomic E-state index is 13.1. The summed E-state index contributed by atoms with van der Waals surface area (Å²) >= 11 is 0. The molecule has 0 spiro atoms. The van der Waals surface area contributed by atoms with Gasteiger partial charge in [0.05, 0.1) is 5.69 Å². The van der Waals surface area contributed by atoms with Gasteiger partial charge in [0.15, 0.2) is 5.82 Å². The van der Waals surface area contributed by atoms with Gasteiger partial charge >= 0.3 is 0 Å². The SMILES string of the molecule is O=C(C1CCN(c2ccc(-c3ccc(F)cc3)nn2)CC1)N1CCc2ccccc21. The van der Waals surface area contributed by atoms with Crippen molar-refractivity contribution < 1.29 is 9.18 Å². The van der Waals surface area contributed by atoms with Crippen molar-refractivity contribution in [1.29, 1.82) is 0 Å². The number of carbonyl (C=O) groups excluding carboxylic acids is 1. The number of aromatic nitrogens is 2. The third-order valence-corrected chi connectivity index (χ3v) is 6.11. The van der Waals surface area contributed by atoms with Gasteiger partial charge < -0.3 is 9.80 Å². The van der Waals surface area contributed by atoms with E-state index in [4.69, 9.17) is 0 Å². The van der Waals surface area contributed by atoms with Crippen molar-refractivity contribution in [3.05, 3.63) is 72.0 Å². The van der Waals surface area contributed by atoms with Crippen LogP contribution in [-0.4, -0.2) is 35.7 Å². The van der Waals surface area contributed by atoms with Crippen LogP contribution in [0, 0.1) is 11.7 Å². The van der Waals surface area contributed by atoms with E-state index in [9.17, 15) is 9.18 Å². The van der Waals surface area contributed by atoms with Gasteiger partial charge in [-0.15, -0.1) is 10.2 Å². The zero-order valence-electron chi connectivity index (χ0n) is 16.7. The summed E-state index contributed by atoms with van der Waals surface area (Å²) in [5, 5.41) is 8.67. The summed E-state index contributed by atoms with van der Waals surface area (Å²) in [5.74, 6) is 0.854. The van der Waals surface area contributed by atoms with Crippen molar-refractivity contribution in [2.24, 2.45) is 5.92 Å². The van der Waals surface area contributed by atoms with E-state index in [1.54, 1.807) is 12.1 Å². The number of para-hydroxylation sites is 1. The number of anilines is 2. The molecular weight excluding hydrogens is 379 g/mol. The minimum Gasteiger partial charge on any atom is -0.355 e. The van der Waals surface area contributed by atoms with Gasteiger partial charge in [-0.25, -0.2) is 4.39 Å². The summed E-state index contributed by atoms with van der Waals surface area (Å²) in [7, 11) is 0. The maximum Gasteiger partial charge on any atom is 0.230 e. The molecule has 5 nitrogen and oxygen atoms in total. The molecule has 0 bridgehead atoms. The molecule has 2 aliphatic rings. The molecule has 0 N–H and O–H groups in total. The van der Waals surface area contributed by atoms with E-state index in [1.807, 2.05) is 35.2 Å². The molecule has 0 saturated carbocycles. The number of piperidine rings is 1. The van der Waals surface area contributed by atoms with Gasteiger partial charge in [0.25, 0.3) is 0 Å². The molecule has 152 valence electrons. The highest BCUT2D eigenvalue weighted by Crippen LogP contribution is 2.31. The minimum atomic E-state index is -0.266. The van der Waals surface area contributed by atoms with Crippen LogP contribution in [0.15, 0.2) is 60.7 Å². The van der Waals surface area contributed by atoms with E-state index in [0.29, 0.717) is 0 Å². The molecule has 3 heterocycles. The van der Waals surface area contributed by atoms with Crippen LogP contribution in [0.1, 0.15) is 18.4 Å². The first-order valence-corrected chi connectivity index (χ1v) is 10.4. The highest BCUT2D eigenvalue weighted by Gasteiger charge is 2.32. The minimum absolute atomic E-state index is 0.0545. The number of carbonyl (C=O) groups is 1. The first-order chi connectivity index (χ1) is 14.7. The van der Waals surface area contributed by atoms with E-state index in [0.717, 1.165) is 61.7 Å². The molecule has 1 aromatic heterocycles. The average Bonchev–Trinajstić information content (AvgIpc) is 3.24. The number of benzene rings is 2. The number of fused-ring (bicyclic) bond motifs is 1. The fraction of sp³-hybridized carbons (Fsp3) is 0.292. The summed E-state index contributed by atoms with van der Waals surface area (Å²) < 4.78 is 13.1. The molecule has 2 aromatic carbocycles. The summed E-state index contributed by atoms with van der Waals surface area (Å²) in [5.41, 5.74) is 3.90. The van der Waals surface area contributed by atoms with Gasteiger partial charge in [-0.3, -0.25) is 4.79 Å². The largest absolute Gasteiger partial charge is 0.355 e. The lowest BCUT2D eigenvalue weighted by molar-refractivity contribution is -0.122. The van der Waals surface area contributed by atoms with Crippen LogP contribution in [0.3, 0.4) is 0 Å². The zero-order valence-corrected chi connectivity index (χ0v) is 16.7. The molecule has 6 heteroatoms. The second-order valence-electron chi connectivity index (χ2n) is 7.91. The van der Waals surface area contributed by atoms with Crippen molar-refractivity contribution in [2.45, 2.75) is 19.3 Å². The van der Waals surface area contributed by atoms with Gasteiger partial charge in [0.1, 0.15) is 5.82 Å². The average molecular weight is 402 g/mol. The molecule has 1 fully saturated rings. The van der Waals surface area contributed by atoms with E-state index < -0.39 is 0 Å². The lowest BCUT2D eigenvalue weighted by atomic mass is 9.95. The molecule has 0 unspecified atom stereocenters. The Kier molecular flexibility index (Phi) is 4.91. The smallest absolute Gasteiger partial charge is 0.230 e. The van der Waals surface area contributed by atoms with Crippen molar-refractivity contribution in [2.75, 3.05) is 29.4 Å². The van der Waals surface area contributed by atoms with Crippen LogP contribution in [0.2, 0.25) is 0 Å². The van der Waals surface area contributed by atoms with Gasteiger partial charge in [-0.1, -0.05) is 18.2 Å². The second-order valence-corrected chi connectivity index (χ2v) is 7.91. The Morgan fingerprint density at radius 2 is 1.67 bits per heavy atom. The van der Waals surface area contributed by atoms with E-state index >= 15 is 0 Å². The fourth-order valence-corrected chi connectivity index (χ4v) is 4.41. The lowest BCUT2D eigenvalue weighted by Crippen LogP contribution is -2.42. The van der Waals surface area contributed by atoms with Crippen LogP contribution < -0.4 is 9.80 Å². The highest BCUT2D eigenvalue weighted by molar-refractivity contribution is 5.97. The molecule has 1 saturated heterocycles. The third-order valence-electron chi connectivity index (χ3n) is 6.11. The molecule has 0 aliphatic carbocycles. The maximum atomic E-state index is 13.1. The number of rotatable bonds is 3. The molecule has 2 aliphatic heterocycles. The second kappa shape index (κ2) is 7.86.